The van der Waals surface area contributed by atoms with E-state index in [1.54, 1.807) is 49.6 Å². The molecule has 0 aromatic heterocycles. The van der Waals surface area contributed by atoms with Crippen molar-refractivity contribution in [1.82, 2.24) is 0 Å². The van der Waals surface area contributed by atoms with Gasteiger partial charge in [0.15, 0.2) is 11.5 Å². The molecule has 0 heterocycles. The molecular weight excluding hydrogens is 298 g/mol. The Morgan fingerprint density at radius 3 is 2.65 bits per heavy atom. The van der Waals surface area contributed by atoms with Crippen molar-refractivity contribution in [3.8, 4) is 17.2 Å². The highest BCUT2D eigenvalue weighted by molar-refractivity contribution is 5.77. The van der Waals surface area contributed by atoms with Gasteiger partial charge in [0.25, 0.3) is 0 Å². The molecule has 2 aromatic rings. The van der Waals surface area contributed by atoms with E-state index in [1.807, 2.05) is 0 Å². The lowest BCUT2D eigenvalue weighted by molar-refractivity contribution is 0.0668. The lowest BCUT2D eigenvalue weighted by Crippen LogP contribution is -2.04. The van der Waals surface area contributed by atoms with Gasteiger partial charge in [0, 0.05) is 6.21 Å². The summed E-state index contributed by atoms with van der Waals surface area (Å²) in [7, 11) is 2.79. The second-order valence-corrected chi connectivity index (χ2v) is 4.55. The largest absolute Gasteiger partial charge is 0.508 e. The molecule has 0 atom stereocenters. The molecule has 0 amide bonds. The first-order valence-electron chi connectivity index (χ1n) is 6.82. The van der Waals surface area contributed by atoms with Crippen LogP contribution in [-0.4, -0.2) is 26.6 Å². The minimum atomic E-state index is -0.748. The van der Waals surface area contributed by atoms with Crippen molar-refractivity contribution >= 4 is 12.4 Å². The van der Waals surface area contributed by atoms with Gasteiger partial charge in [-0.15, -0.1) is 0 Å². The van der Waals surface area contributed by atoms with Crippen molar-refractivity contribution in [2.24, 2.45) is 0 Å². The fourth-order valence-corrected chi connectivity index (χ4v) is 1.89. The van der Waals surface area contributed by atoms with Crippen molar-refractivity contribution in [3.63, 3.8) is 0 Å². The monoisotopic (exact) mass is 315 g/mol. The van der Waals surface area contributed by atoms with E-state index in [1.165, 1.54) is 13.3 Å². The predicted molar refractivity (Wildman–Crippen MR) is 84.6 cm³/mol. The molecule has 2 rings (SSSR count). The number of hydrogen-bond donors (Lipinski definition) is 1. The van der Waals surface area contributed by atoms with E-state index in [2.05, 4.69) is 4.74 Å². The Morgan fingerprint density at radius 2 is 1.96 bits per heavy atom. The highest BCUT2D eigenvalue weighted by Crippen LogP contribution is 2.32. The fourth-order valence-electron chi connectivity index (χ4n) is 1.89. The summed E-state index contributed by atoms with van der Waals surface area (Å²) in [6.45, 7) is 0.0631. The number of hydrogen-bond acceptors (Lipinski definition) is 6. The Hall–Kier alpha value is -3.02. The van der Waals surface area contributed by atoms with Crippen molar-refractivity contribution < 1.29 is 23.7 Å². The molecule has 0 saturated heterocycles. The van der Waals surface area contributed by atoms with Crippen LogP contribution < -0.4 is 9.47 Å². The van der Waals surface area contributed by atoms with Gasteiger partial charge < -0.3 is 24.4 Å². The van der Waals surface area contributed by atoms with Crippen LogP contribution in [0.4, 0.5) is 4.79 Å². The van der Waals surface area contributed by atoms with Crippen molar-refractivity contribution in [1.29, 1.82) is 5.41 Å². The van der Waals surface area contributed by atoms with Gasteiger partial charge in [-0.3, -0.25) is 0 Å². The topological polar surface area (TPSA) is 77.8 Å². The number of rotatable bonds is 6. The van der Waals surface area contributed by atoms with E-state index in [0.717, 1.165) is 11.1 Å². The Labute approximate surface area is 134 Å². The van der Waals surface area contributed by atoms with Crippen LogP contribution in [-0.2, 0) is 16.1 Å². The first kappa shape index (κ1) is 16.4. The lowest BCUT2D eigenvalue weighted by atomic mass is 10.2. The number of nitrogens with one attached hydrogen (secondary N) is 1. The molecule has 6 heteroatoms. The molecule has 23 heavy (non-hydrogen) atoms. The summed E-state index contributed by atoms with van der Waals surface area (Å²) >= 11 is 0. The average molecular weight is 315 g/mol. The van der Waals surface area contributed by atoms with Crippen molar-refractivity contribution in [2.45, 2.75) is 6.61 Å². The zero-order valence-corrected chi connectivity index (χ0v) is 12.9. The normalized spacial score (nSPS) is 9.83. The maximum atomic E-state index is 11.0. The molecule has 1 N–H and O–H groups in total. The van der Waals surface area contributed by atoms with Gasteiger partial charge in [0.2, 0.25) is 0 Å². The molecule has 2 aromatic carbocycles. The van der Waals surface area contributed by atoms with Crippen molar-refractivity contribution in [3.05, 3.63) is 53.6 Å². The van der Waals surface area contributed by atoms with Gasteiger partial charge in [0.05, 0.1) is 14.2 Å². The molecule has 0 aliphatic rings. The standard InChI is InChI=1S/C17H17NO5/c1-20-15-7-6-13(11-22-17(19)21-2)9-16(15)23-14-5-3-4-12(8-14)10-18/h3-10,18H,11H2,1-2H3. The molecule has 0 bridgehead atoms. The number of methoxy groups -OCH3 is 2. The number of carbonyl (C=O) groups is 1. The number of benzene rings is 2. The fraction of sp³-hybridized carbons (Fsp3) is 0.176. The van der Waals surface area contributed by atoms with E-state index in [4.69, 9.17) is 19.6 Å². The minimum Gasteiger partial charge on any atom is -0.493 e. The van der Waals surface area contributed by atoms with E-state index in [0.29, 0.717) is 17.2 Å². The predicted octanol–water partition coefficient (Wildman–Crippen LogP) is 3.77. The molecule has 0 unspecified atom stereocenters. The Balaban J connectivity index is 2.21. The van der Waals surface area contributed by atoms with E-state index in [9.17, 15) is 4.79 Å². The maximum Gasteiger partial charge on any atom is 0.508 e. The Bertz CT molecular complexity index is 699. The molecule has 0 fully saturated rings. The summed E-state index contributed by atoms with van der Waals surface area (Å²) in [4.78, 5) is 11.0. The van der Waals surface area contributed by atoms with Crippen LogP contribution in [0.3, 0.4) is 0 Å². The SMILES string of the molecule is COC(=O)OCc1ccc(OC)c(Oc2cccc(C=N)c2)c1. The summed E-state index contributed by atoms with van der Waals surface area (Å²) in [5, 5.41) is 7.28. The minimum absolute atomic E-state index is 0.0631. The smallest absolute Gasteiger partial charge is 0.493 e. The van der Waals surface area contributed by atoms with E-state index < -0.39 is 6.16 Å². The van der Waals surface area contributed by atoms with Crippen molar-refractivity contribution in [2.75, 3.05) is 14.2 Å². The second-order valence-electron chi connectivity index (χ2n) is 4.55. The van der Waals surface area contributed by atoms with Gasteiger partial charge in [0.1, 0.15) is 12.4 Å². The summed E-state index contributed by atoms with van der Waals surface area (Å²) in [6.07, 6.45) is 0.493. The highest BCUT2D eigenvalue weighted by atomic mass is 16.7. The van der Waals surface area contributed by atoms with Crippen LogP contribution in [0, 0.1) is 5.41 Å². The molecule has 6 nitrogen and oxygen atoms in total. The van der Waals surface area contributed by atoms with Crippen LogP contribution in [0.25, 0.3) is 0 Å². The van der Waals surface area contributed by atoms with Crippen LogP contribution in [0.2, 0.25) is 0 Å². The second kappa shape index (κ2) is 7.84. The summed E-state index contributed by atoms with van der Waals surface area (Å²) in [5.74, 6) is 1.61. The van der Waals surface area contributed by atoms with Crippen LogP contribution >= 0.6 is 0 Å². The Morgan fingerprint density at radius 1 is 1.13 bits per heavy atom. The highest BCUT2D eigenvalue weighted by Gasteiger charge is 2.09. The van der Waals surface area contributed by atoms with Gasteiger partial charge in [-0.2, -0.15) is 0 Å². The quantitative estimate of drug-likeness (QED) is 0.648. The van der Waals surface area contributed by atoms with E-state index >= 15 is 0 Å². The third-order valence-electron chi connectivity index (χ3n) is 3.00. The number of carbonyl (C=O) groups excluding carboxylic acids is 1. The average Bonchev–Trinajstić information content (AvgIpc) is 2.60. The lowest BCUT2D eigenvalue weighted by Gasteiger charge is -2.12. The van der Waals surface area contributed by atoms with Crippen LogP contribution in [0.15, 0.2) is 42.5 Å². The van der Waals surface area contributed by atoms with Crippen LogP contribution in [0.5, 0.6) is 17.2 Å². The van der Waals surface area contributed by atoms with Gasteiger partial charge in [-0.25, -0.2) is 4.79 Å². The summed E-state index contributed by atoms with van der Waals surface area (Å²) < 4.78 is 20.4. The molecule has 0 spiro atoms. The Kier molecular flexibility index (Phi) is 5.57. The maximum absolute atomic E-state index is 11.0. The van der Waals surface area contributed by atoms with Gasteiger partial charge >= 0.3 is 6.16 Å². The molecule has 0 radical (unpaired) electrons. The zero-order valence-electron chi connectivity index (χ0n) is 12.9. The molecule has 0 aliphatic carbocycles. The van der Waals surface area contributed by atoms with E-state index in [-0.39, 0.29) is 6.61 Å². The van der Waals surface area contributed by atoms with Gasteiger partial charge in [-0.1, -0.05) is 18.2 Å². The third kappa shape index (κ3) is 4.47. The molecule has 120 valence electrons. The first-order chi connectivity index (χ1) is 11.2. The molecule has 0 aliphatic heterocycles. The zero-order chi connectivity index (χ0) is 16.7. The first-order valence-corrected chi connectivity index (χ1v) is 6.82. The molecule has 0 saturated carbocycles. The van der Waals surface area contributed by atoms with Crippen LogP contribution in [0.1, 0.15) is 11.1 Å². The van der Waals surface area contributed by atoms with Gasteiger partial charge in [-0.05, 0) is 35.4 Å². The third-order valence-corrected chi connectivity index (χ3v) is 3.00. The molecular formula is C17H17NO5. The summed E-state index contributed by atoms with van der Waals surface area (Å²) in [5.41, 5.74) is 1.46. The number of ether oxygens (including phenoxy) is 4. The summed E-state index contributed by atoms with van der Waals surface area (Å²) in [6, 6.07) is 12.3.